The van der Waals surface area contributed by atoms with Crippen LogP contribution in [0.5, 0.6) is 0 Å². The molecule has 0 amide bonds. The van der Waals surface area contributed by atoms with Crippen LogP contribution in [0, 0.1) is 12.8 Å². The fraction of sp³-hybridized carbons (Fsp3) is 0.800. The van der Waals surface area contributed by atoms with E-state index in [0.717, 1.165) is 62.6 Å². The number of anilines is 2. The Kier molecular flexibility index (Phi) is 4.49. The molecule has 3 atom stereocenters. The van der Waals surface area contributed by atoms with E-state index in [-0.39, 0.29) is 0 Å². The van der Waals surface area contributed by atoms with E-state index in [2.05, 4.69) is 33.1 Å². The molecule has 1 saturated carbocycles. The average molecular weight is 358 g/mol. The average Bonchev–Trinajstić information content (AvgIpc) is 3.42. The van der Waals surface area contributed by atoms with Crippen LogP contribution in [0.3, 0.4) is 0 Å². The molecule has 3 saturated heterocycles. The molecule has 1 N–H and O–H groups in total. The molecular weight excluding hydrogens is 326 g/mol. The lowest BCUT2D eigenvalue weighted by Gasteiger charge is -2.35. The first-order valence-electron chi connectivity index (χ1n) is 10.5. The molecule has 26 heavy (non-hydrogen) atoms. The van der Waals surface area contributed by atoms with Gasteiger partial charge in [-0.2, -0.15) is 4.98 Å². The molecule has 4 fully saturated rings. The summed E-state index contributed by atoms with van der Waals surface area (Å²) >= 11 is 0. The lowest BCUT2D eigenvalue weighted by Crippen LogP contribution is -2.47. The zero-order valence-corrected chi connectivity index (χ0v) is 15.9. The summed E-state index contributed by atoms with van der Waals surface area (Å²) in [6.45, 7) is 7.38. The number of aromatic nitrogens is 2. The highest BCUT2D eigenvalue weighted by Gasteiger charge is 2.42. The van der Waals surface area contributed by atoms with Crippen molar-refractivity contribution < 1.29 is 4.74 Å². The number of fused-ring (bicyclic) bond motifs is 1. The third kappa shape index (κ3) is 3.54. The maximum Gasteiger partial charge on any atom is 0.227 e. The van der Waals surface area contributed by atoms with Gasteiger partial charge in [0.2, 0.25) is 5.95 Å². The summed E-state index contributed by atoms with van der Waals surface area (Å²) in [5.74, 6) is 2.72. The van der Waals surface area contributed by atoms with Crippen molar-refractivity contribution in [3.05, 3.63) is 11.8 Å². The van der Waals surface area contributed by atoms with Crippen LogP contribution in [0.4, 0.5) is 11.8 Å². The van der Waals surface area contributed by atoms with Crippen molar-refractivity contribution in [2.24, 2.45) is 5.92 Å². The Labute approximate surface area is 156 Å². The van der Waals surface area contributed by atoms with Crippen molar-refractivity contribution in [3.63, 3.8) is 0 Å². The highest BCUT2D eigenvalue weighted by atomic mass is 16.5. The van der Waals surface area contributed by atoms with Crippen molar-refractivity contribution in [1.82, 2.24) is 14.9 Å². The fourth-order valence-corrected chi connectivity index (χ4v) is 4.83. The summed E-state index contributed by atoms with van der Waals surface area (Å²) in [5, 5.41) is 3.70. The largest absolute Gasteiger partial charge is 0.375 e. The standard InChI is InChI=1S/C20H31N5O/c1-14-9-19(23-20(21-14)24-7-3-2-4-8-24)22-16-10-17-13-26-18(15-5-6-15)12-25(17)11-16/h9,15-18H,2-8,10-13H2,1H3,(H,21,22,23)/t16-,17+,18-/m1/s1. The second kappa shape index (κ2) is 6.97. The minimum atomic E-state index is 0.463. The van der Waals surface area contributed by atoms with Gasteiger partial charge >= 0.3 is 0 Å². The van der Waals surface area contributed by atoms with Crippen molar-refractivity contribution in [3.8, 4) is 0 Å². The van der Waals surface area contributed by atoms with E-state index in [1.807, 2.05) is 0 Å². The van der Waals surface area contributed by atoms with Gasteiger partial charge < -0.3 is 15.0 Å². The molecule has 0 bridgehead atoms. The number of hydrogen-bond acceptors (Lipinski definition) is 6. The third-order valence-electron chi connectivity index (χ3n) is 6.43. The van der Waals surface area contributed by atoms with Gasteiger partial charge in [0.15, 0.2) is 0 Å². The van der Waals surface area contributed by atoms with Crippen molar-refractivity contribution >= 4 is 11.8 Å². The Morgan fingerprint density at radius 2 is 1.96 bits per heavy atom. The SMILES string of the molecule is Cc1cc(N[C@@H]2C[C@H]3CO[C@@H](C4CC4)CN3C2)nc(N2CCCCC2)n1. The van der Waals surface area contributed by atoms with E-state index in [1.165, 1.54) is 32.1 Å². The number of nitrogens with one attached hydrogen (secondary N) is 1. The van der Waals surface area contributed by atoms with Gasteiger partial charge in [-0.25, -0.2) is 4.98 Å². The first-order valence-corrected chi connectivity index (χ1v) is 10.5. The number of rotatable bonds is 4. The maximum atomic E-state index is 6.13. The summed E-state index contributed by atoms with van der Waals surface area (Å²) in [5.41, 5.74) is 1.05. The lowest BCUT2D eigenvalue weighted by atomic mass is 10.1. The molecule has 142 valence electrons. The number of ether oxygens (including phenoxy) is 1. The lowest BCUT2D eigenvalue weighted by molar-refractivity contribution is -0.0581. The normalized spacial score (nSPS) is 32.5. The topological polar surface area (TPSA) is 53.5 Å². The second-order valence-corrected chi connectivity index (χ2v) is 8.64. The van der Waals surface area contributed by atoms with Crippen LogP contribution < -0.4 is 10.2 Å². The first-order chi connectivity index (χ1) is 12.7. The molecule has 0 aromatic carbocycles. The Morgan fingerprint density at radius 1 is 1.12 bits per heavy atom. The molecule has 0 spiro atoms. The van der Waals surface area contributed by atoms with E-state index < -0.39 is 0 Å². The predicted molar refractivity (Wildman–Crippen MR) is 103 cm³/mol. The van der Waals surface area contributed by atoms with Crippen molar-refractivity contribution in [1.29, 1.82) is 0 Å². The molecule has 1 aliphatic carbocycles. The van der Waals surface area contributed by atoms with E-state index in [4.69, 9.17) is 9.72 Å². The monoisotopic (exact) mass is 357 g/mol. The Bertz CT molecular complexity index is 643. The van der Waals surface area contributed by atoms with Gasteiger partial charge in [0, 0.05) is 50.0 Å². The van der Waals surface area contributed by atoms with Crippen LogP contribution in [0.2, 0.25) is 0 Å². The van der Waals surface area contributed by atoms with Gasteiger partial charge in [-0.3, -0.25) is 4.90 Å². The molecule has 0 unspecified atom stereocenters. The van der Waals surface area contributed by atoms with E-state index >= 15 is 0 Å². The molecule has 6 heteroatoms. The number of piperidine rings is 1. The molecular formula is C20H31N5O. The van der Waals surface area contributed by atoms with Crippen LogP contribution in [0.25, 0.3) is 0 Å². The van der Waals surface area contributed by atoms with Crippen LogP contribution in [-0.4, -0.2) is 65.8 Å². The number of aryl methyl sites for hydroxylation is 1. The Morgan fingerprint density at radius 3 is 2.77 bits per heavy atom. The van der Waals surface area contributed by atoms with E-state index in [1.54, 1.807) is 0 Å². The molecule has 1 aromatic rings. The predicted octanol–water partition coefficient (Wildman–Crippen LogP) is 2.44. The molecule has 4 aliphatic rings. The molecule has 1 aromatic heterocycles. The van der Waals surface area contributed by atoms with Gasteiger partial charge in [0.05, 0.1) is 12.7 Å². The highest BCUT2D eigenvalue weighted by Crippen LogP contribution is 2.38. The second-order valence-electron chi connectivity index (χ2n) is 8.64. The molecule has 4 heterocycles. The number of hydrogen-bond donors (Lipinski definition) is 1. The first kappa shape index (κ1) is 16.8. The summed E-state index contributed by atoms with van der Waals surface area (Å²) < 4.78 is 6.13. The summed E-state index contributed by atoms with van der Waals surface area (Å²) in [6, 6.07) is 3.13. The highest BCUT2D eigenvalue weighted by molar-refractivity contribution is 5.44. The summed E-state index contributed by atoms with van der Waals surface area (Å²) in [7, 11) is 0. The van der Waals surface area contributed by atoms with Crippen LogP contribution in [-0.2, 0) is 4.74 Å². The summed E-state index contributed by atoms with van der Waals surface area (Å²) in [4.78, 5) is 14.5. The minimum Gasteiger partial charge on any atom is -0.375 e. The van der Waals surface area contributed by atoms with Gasteiger partial charge in [-0.1, -0.05) is 0 Å². The van der Waals surface area contributed by atoms with Crippen molar-refractivity contribution in [2.75, 3.05) is 43.0 Å². The number of nitrogens with zero attached hydrogens (tertiary/aromatic N) is 4. The van der Waals surface area contributed by atoms with E-state index in [9.17, 15) is 0 Å². The Hall–Kier alpha value is -1.40. The maximum absolute atomic E-state index is 6.13. The van der Waals surface area contributed by atoms with Crippen molar-refractivity contribution in [2.45, 2.75) is 63.6 Å². The summed E-state index contributed by atoms with van der Waals surface area (Å²) in [6.07, 6.45) is 8.20. The van der Waals surface area contributed by atoms with Gasteiger partial charge in [-0.05, 0) is 51.4 Å². The van der Waals surface area contributed by atoms with Gasteiger partial charge in [0.25, 0.3) is 0 Å². The minimum absolute atomic E-state index is 0.463. The number of morpholine rings is 1. The van der Waals surface area contributed by atoms with Gasteiger partial charge in [-0.15, -0.1) is 0 Å². The van der Waals surface area contributed by atoms with Crippen LogP contribution in [0.1, 0.15) is 44.2 Å². The van der Waals surface area contributed by atoms with Gasteiger partial charge in [0.1, 0.15) is 5.82 Å². The van der Waals surface area contributed by atoms with E-state index in [0.29, 0.717) is 18.2 Å². The molecule has 6 nitrogen and oxygen atoms in total. The Balaban J connectivity index is 1.24. The molecule has 0 radical (unpaired) electrons. The third-order valence-corrected chi connectivity index (χ3v) is 6.43. The molecule has 5 rings (SSSR count). The van der Waals surface area contributed by atoms with Crippen LogP contribution in [0.15, 0.2) is 6.07 Å². The fourth-order valence-electron chi connectivity index (χ4n) is 4.83. The van der Waals surface area contributed by atoms with Crippen LogP contribution >= 0.6 is 0 Å². The smallest absolute Gasteiger partial charge is 0.227 e. The molecule has 3 aliphatic heterocycles. The zero-order chi connectivity index (χ0) is 17.5. The zero-order valence-electron chi connectivity index (χ0n) is 15.9. The quantitative estimate of drug-likeness (QED) is 0.893.